The van der Waals surface area contributed by atoms with E-state index in [2.05, 4.69) is 11.6 Å². The number of hydrogen-bond donors (Lipinski definition) is 2. The molecule has 0 amide bonds. The summed E-state index contributed by atoms with van der Waals surface area (Å²) in [6.45, 7) is 6.17. The third-order valence-corrected chi connectivity index (χ3v) is 6.48. The molecule has 1 aliphatic carbocycles. The molecule has 0 spiro atoms. The molecule has 5 heteroatoms. The summed E-state index contributed by atoms with van der Waals surface area (Å²) in [6.07, 6.45) is 4.01. The van der Waals surface area contributed by atoms with Crippen molar-refractivity contribution < 1.29 is 8.42 Å². The number of hydrogen-bond acceptors (Lipinski definition) is 3. The van der Waals surface area contributed by atoms with Crippen LogP contribution in [-0.2, 0) is 10.0 Å². The zero-order chi connectivity index (χ0) is 15.7. The fourth-order valence-corrected chi connectivity index (χ4v) is 5.09. The third kappa shape index (κ3) is 3.30. The molecule has 1 fully saturated rings. The van der Waals surface area contributed by atoms with E-state index in [9.17, 15) is 8.42 Å². The Morgan fingerprint density at radius 1 is 1.33 bits per heavy atom. The van der Waals surface area contributed by atoms with Gasteiger partial charge in [-0.3, -0.25) is 0 Å². The van der Waals surface area contributed by atoms with Crippen LogP contribution < -0.4 is 10.5 Å². The average Bonchev–Trinajstić information content (AvgIpc) is 2.44. The molecule has 1 saturated carbocycles. The zero-order valence-electron chi connectivity index (χ0n) is 13.1. The normalized spacial score (nSPS) is 26.8. The average molecular weight is 310 g/mol. The first-order valence-electron chi connectivity index (χ1n) is 7.62. The molecule has 0 aliphatic heterocycles. The fraction of sp³-hybridized carbons (Fsp3) is 0.625. The van der Waals surface area contributed by atoms with Crippen molar-refractivity contribution in [2.24, 2.45) is 11.7 Å². The lowest BCUT2D eigenvalue weighted by atomic mass is 9.74. The molecule has 4 nitrogen and oxygen atoms in total. The summed E-state index contributed by atoms with van der Waals surface area (Å²) in [4.78, 5) is 0.369. The predicted molar refractivity (Wildman–Crippen MR) is 85.7 cm³/mol. The summed E-state index contributed by atoms with van der Waals surface area (Å²) < 4.78 is 28.6. The zero-order valence-corrected chi connectivity index (χ0v) is 14.0. The van der Waals surface area contributed by atoms with E-state index in [0.717, 1.165) is 36.8 Å². The highest BCUT2D eigenvalue weighted by molar-refractivity contribution is 7.89. The van der Waals surface area contributed by atoms with E-state index in [4.69, 9.17) is 5.73 Å². The molecule has 1 aliphatic rings. The Morgan fingerprint density at radius 2 is 2.05 bits per heavy atom. The van der Waals surface area contributed by atoms with Crippen LogP contribution in [0.4, 0.5) is 0 Å². The molecule has 2 unspecified atom stereocenters. The van der Waals surface area contributed by atoms with Crippen LogP contribution in [0, 0.1) is 19.8 Å². The van der Waals surface area contributed by atoms with Gasteiger partial charge < -0.3 is 5.73 Å². The van der Waals surface area contributed by atoms with Crippen LogP contribution in [0.5, 0.6) is 0 Å². The van der Waals surface area contributed by atoms with E-state index in [1.54, 1.807) is 6.07 Å². The highest BCUT2D eigenvalue weighted by Crippen LogP contribution is 2.34. The number of aryl methyl sites for hydroxylation is 2. The van der Waals surface area contributed by atoms with Crippen molar-refractivity contribution in [3.8, 4) is 0 Å². The van der Waals surface area contributed by atoms with Gasteiger partial charge in [0.25, 0.3) is 0 Å². The summed E-state index contributed by atoms with van der Waals surface area (Å²) in [5, 5.41) is 0. The lowest BCUT2D eigenvalue weighted by Gasteiger charge is -2.42. The van der Waals surface area contributed by atoms with Gasteiger partial charge in [-0.1, -0.05) is 31.9 Å². The van der Waals surface area contributed by atoms with Crippen LogP contribution in [-0.4, -0.2) is 20.5 Å². The monoisotopic (exact) mass is 310 g/mol. The largest absolute Gasteiger partial charge is 0.329 e. The summed E-state index contributed by atoms with van der Waals surface area (Å²) in [6, 6.07) is 5.51. The molecule has 21 heavy (non-hydrogen) atoms. The number of benzene rings is 1. The molecule has 2 atom stereocenters. The van der Waals surface area contributed by atoms with Crippen molar-refractivity contribution in [2.75, 3.05) is 6.54 Å². The summed E-state index contributed by atoms with van der Waals surface area (Å²) in [5.74, 6) is 0.260. The molecular formula is C16H26N2O2S. The minimum absolute atomic E-state index is 0.260. The van der Waals surface area contributed by atoms with Crippen LogP contribution >= 0.6 is 0 Å². The highest BCUT2D eigenvalue weighted by Gasteiger charge is 2.40. The SMILES string of the molecule is Cc1ccc(C)c(S(=O)(=O)NC2(CN)CCCCC2C)c1. The van der Waals surface area contributed by atoms with Gasteiger partial charge in [0.2, 0.25) is 10.0 Å². The van der Waals surface area contributed by atoms with Crippen molar-refractivity contribution in [1.82, 2.24) is 4.72 Å². The van der Waals surface area contributed by atoms with Crippen molar-refractivity contribution >= 4 is 10.0 Å². The lowest BCUT2D eigenvalue weighted by Crippen LogP contribution is -2.59. The Balaban J connectivity index is 2.37. The second kappa shape index (κ2) is 6.07. The second-order valence-electron chi connectivity index (χ2n) is 6.38. The molecule has 1 aromatic rings. The Kier molecular flexibility index (Phi) is 4.76. The fourth-order valence-electron chi connectivity index (χ4n) is 3.23. The number of nitrogens with one attached hydrogen (secondary N) is 1. The number of nitrogens with two attached hydrogens (primary N) is 1. The van der Waals surface area contributed by atoms with Crippen LogP contribution in [0.25, 0.3) is 0 Å². The Bertz CT molecular complexity index is 613. The van der Waals surface area contributed by atoms with Gasteiger partial charge in [0.05, 0.1) is 4.90 Å². The molecule has 0 aromatic heterocycles. The summed E-state index contributed by atoms with van der Waals surface area (Å²) in [5.41, 5.74) is 7.16. The Hall–Kier alpha value is -0.910. The first kappa shape index (κ1) is 16.5. The van der Waals surface area contributed by atoms with Crippen molar-refractivity contribution in [3.05, 3.63) is 29.3 Å². The van der Waals surface area contributed by atoms with E-state index in [-0.39, 0.29) is 5.92 Å². The topological polar surface area (TPSA) is 72.2 Å². The quantitative estimate of drug-likeness (QED) is 0.897. The molecule has 0 heterocycles. The van der Waals surface area contributed by atoms with Crippen LogP contribution in [0.15, 0.2) is 23.1 Å². The Labute approximate surface area is 128 Å². The maximum Gasteiger partial charge on any atom is 0.241 e. The predicted octanol–water partition coefficient (Wildman–Crippen LogP) is 2.49. The minimum Gasteiger partial charge on any atom is -0.329 e. The molecule has 0 radical (unpaired) electrons. The molecule has 3 N–H and O–H groups in total. The van der Waals surface area contributed by atoms with Crippen molar-refractivity contribution in [2.45, 2.75) is 56.9 Å². The summed E-state index contributed by atoms with van der Waals surface area (Å²) in [7, 11) is -3.55. The molecule has 118 valence electrons. The molecule has 0 saturated heterocycles. The van der Waals surface area contributed by atoms with E-state index in [0.29, 0.717) is 11.4 Å². The first-order valence-corrected chi connectivity index (χ1v) is 9.10. The van der Waals surface area contributed by atoms with E-state index < -0.39 is 15.6 Å². The Morgan fingerprint density at radius 3 is 2.67 bits per heavy atom. The van der Waals surface area contributed by atoms with Gasteiger partial charge in [-0.25, -0.2) is 13.1 Å². The minimum atomic E-state index is -3.55. The maximum atomic E-state index is 12.8. The van der Waals surface area contributed by atoms with Crippen molar-refractivity contribution in [1.29, 1.82) is 0 Å². The van der Waals surface area contributed by atoms with E-state index >= 15 is 0 Å². The van der Waals surface area contributed by atoms with Gasteiger partial charge in [0.15, 0.2) is 0 Å². The second-order valence-corrected chi connectivity index (χ2v) is 8.03. The molecular weight excluding hydrogens is 284 g/mol. The van der Waals surface area contributed by atoms with E-state index in [1.165, 1.54) is 0 Å². The molecule has 0 bridgehead atoms. The van der Waals surface area contributed by atoms with Gasteiger partial charge in [0, 0.05) is 12.1 Å². The number of sulfonamides is 1. The van der Waals surface area contributed by atoms with Gasteiger partial charge in [0.1, 0.15) is 0 Å². The molecule has 1 aromatic carbocycles. The highest BCUT2D eigenvalue weighted by atomic mass is 32.2. The van der Waals surface area contributed by atoms with Crippen LogP contribution in [0.1, 0.15) is 43.7 Å². The first-order chi connectivity index (χ1) is 9.81. The van der Waals surface area contributed by atoms with Gasteiger partial charge in [-0.05, 0) is 49.8 Å². The van der Waals surface area contributed by atoms with Gasteiger partial charge in [-0.15, -0.1) is 0 Å². The van der Waals surface area contributed by atoms with Gasteiger partial charge >= 0.3 is 0 Å². The van der Waals surface area contributed by atoms with E-state index in [1.807, 2.05) is 26.0 Å². The smallest absolute Gasteiger partial charge is 0.241 e. The number of rotatable bonds is 4. The van der Waals surface area contributed by atoms with Crippen LogP contribution in [0.3, 0.4) is 0 Å². The standard InChI is InChI=1S/C16H26N2O2S/c1-12-7-8-13(2)15(10-12)21(19,20)18-16(11-17)9-5-4-6-14(16)3/h7-8,10,14,18H,4-6,9,11,17H2,1-3H3. The van der Waals surface area contributed by atoms with Crippen LogP contribution in [0.2, 0.25) is 0 Å². The van der Waals surface area contributed by atoms with Crippen molar-refractivity contribution in [3.63, 3.8) is 0 Å². The molecule has 2 rings (SSSR count). The lowest BCUT2D eigenvalue weighted by molar-refractivity contribution is 0.191. The summed E-state index contributed by atoms with van der Waals surface area (Å²) >= 11 is 0. The van der Waals surface area contributed by atoms with Gasteiger partial charge in [-0.2, -0.15) is 0 Å². The third-order valence-electron chi connectivity index (χ3n) is 4.79. The maximum absolute atomic E-state index is 12.8.